The first-order valence-electron chi connectivity index (χ1n) is 3.73. The Morgan fingerprint density at radius 2 is 2.58 bits per heavy atom. The molecule has 0 aliphatic carbocycles. The molecule has 0 saturated carbocycles. The molecule has 2 heterocycles. The van der Waals surface area contributed by atoms with E-state index < -0.39 is 0 Å². The topological polar surface area (TPSA) is 21.8 Å². The SMILES string of the molecule is COc1sc(CC2CO2)cc1Br. The van der Waals surface area contributed by atoms with E-state index in [1.165, 1.54) is 4.88 Å². The van der Waals surface area contributed by atoms with Crippen molar-refractivity contribution in [2.75, 3.05) is 13.7 Å². The molecule has 1 aromatic rings. The molecule has 0 aromatic carbocycles. The predicted molar refractivity (Wildman–Crippen MR) is 52.0 cm³/mol. The van der Waals surface area contributed by atoms with Crippen LogP contribution in [0.2, 0.25) is 0 Å². The Balaban J connectivity index is 2.10. The van der Waals surface area contributed by atoms with Crippen LogP contribution in [0, 0.1) is 0 Å². The zero-order valence-corrected chi connectivity index (χ0v) is 9.07. The molecule has 4 heteroatoms. The second-order valence-corrected chi connectivity index (χ2v) is 4.67. The first kappa shape index (κ1) is 8.53. The van der Waals surface area contributed by atoms with Crippen LogP contribution in [-0.4, -0.2) is 19.8 Å². The molecule has 1 saturated heterocycles. The van der Waals surface area contributed by atoms with Crippen molar-refractivity contribution in [3.8, 4) is 5.06 Å². The zero-order valence-electron chi connectivity index (χ0n) is 6.67. The standard InChI is InChI=1S/C8H9BrO2S/c1-10-8-7(9)3-6(12-8)2-5-4-11-5/h3,5H,2,4H2,1H3. The lowest BCUT2D eigenvalue weighted by Gasteiger charge is -1.92. The van der Waals surface area contributed by atoms with Crippen molar-refractivity contribution in [3.05, 3.63) is 15.4 Å². The smallest absolute Gasteiger partial charge is 0.188 e. The van der Waals surface area contributed by atoms with E-state index >= 15 is 0 Å². The summed E-state index contributed by atoms with van der Waals surface area (Å²) >= 11 is 5.11. The molecule has 1 aromatic heterocycles. The van der Waals surface area contributed by atoms with Gasteiger partial charge in [0.25, 0.3) is 0 Å². The quantitative estimate of drug-likeness (QED) is 0.767. The molecule has 2 nitrogen and oxygen atoms in total. The van der Waals surface area contributed by atoms with Crippen LogP contribution in [0.5, 0.6) is 5.06 Å². The van der Waals surface area contributed by atoms with E-state index in [0.29, 0.717) is 6.10 Å². The van der Waals surface area contributed by atoms with Gasteiger partial charge < -0.3 is 9.47 Å². The summed E-state index contributed by atoms with van der Waals surface area (Å²) in [6, 6.07) is 2.10. The van der Waals surface area contributed by atoms with E-state index in [-0.39, 0.29) is 0 Å². The van der Waals surface area contributed by atoms with E-state index in [0.717, 1.165) is 22.6 Å². The summed E-state index contributed by atoms with van der Waals surface area (Å²) in [5, 5.41) is 0.950. The molecular formula is C8H9BrO2S. The fraction of sp³-hybridized carbons (Fsp3) is 0.500. The highest BCUT2D eigenvalue weighted by Gasteiger charge is 2.24. The lowest BCUT2D eigenvalue weighted by atomic mass is 10.3. The van der Waals surface area contributed by atoms with Crippen LogP contribution >= 0.6 is 27.3 Å². The second-order valence-electron chi connectivity index (χ2n) is 2.71. The van der Waals surface area contributed by atoms with Gasteiger partial charge in [0.05, 0.1) is 24.3 Å². The Hall–Kier alpha value is -0.0600. The van der Waals surface area contributed by atoms with E-state index in [4.69, 9.17) is 9.47 Å². The monoisotopic (exact) mass is 248 g/mol. The van der Waals surface area contributed by atoms with Gasteiger partial charge in [0.1, 0.15) is 0 Å². The van der Waals surface area contributed by atoms with Crippen LogP contribution in [0.25, 0.3) is 0 Å². The van der Waals surface area contributed by atoms with Gasteiger partial charge in [0.15, 0.2) is 5.06 Å². The number of hydrogen-bond acceptors (Lipinski definition) is 3. The Morgan fingerprint density at radius 1 is 1.83 bits per heavy atom. The number of hydrogen-bond donors (Lipinski definition) is 0. The third-order valence-electron chi connectivity index (χ3n) is 1.72. The summed E-state index contributed by atoms with van der Waals surface area (Å²) < 4.78 is 11.4. The number of methoxy groups -OCH3 is 1. The maximum Gasteiger partial charge on any atom is 0.188 e. The Labute approximate surface area is 83.6 Å². The normalized spacial score (nSPS) is 21.0. The summed E-state index contributed by atoms with van der Waals surface area (Å²) in [6.07, 6.45) is 1.48. The van der Waals surface area contributed by atoms with Gasteiger partial charge in [-0.1, -0.05) is 0 Å². The average molecular weight is 249 g/mol. The number of thiophene rings is 1. The molecule has 66 valence electrons. The minimum Gasteiger partial charge on any atom is -0.486 e. The van der Waals surface area contributed by atoms with Crippen molar-refractivity contribution in [2.24, 2.45) is 0 Å². The van der Waals surface area contributed by atoms with Crippen molar-refractivity contribution in [1.82, 2.24) is 0 Å². The third-order valence-corrected chi connectivity index (χ3v) is 3.69. The van der Waals surface area contributed by atoms with Crippen molar-refractivity contribution >= 4 is 27.3 Å². The fourth-order valence-electron chi connectivity index (χ4n) is 1.05. The van der Waals surface area contributed by atoms with Crippen LogP contribution in [-0.2, 0) is 11.2 Å². The van der Waals surface area contributed by atoms with Crippen molar-refractivity contribution in [2.45, 2.75) is 12.5 Å². The summed E-state index contributed by atoms with van der Waals surface area (Å²) in [5.41, 5.74) is 0. The van der Waals surface area contributed by atoms with Crippen molar-refractivity contribution in [1.29, 1.82) is 0 Å². The fourth-order valence-corrected chi connectivity index (χ4v) is 2.80. The van der Waals surface area contributed by atoms with Crippen LogP contribution < -0.4 is 4.74 Å². The minimum absolute atomic E-state index is 0.459. The lowest BCUT2D eigenvalue weighted by molar-refractivity contribution is 0.408. The average Bonchev–Trinajstić information content (AvgIpc) is 2.76. The van der Waals surface area contributed by atoms with E-state index in [1.54, 1.807) is 18.4 Å². The predicted octanol–water partition coefficient (Wildman–Crippen LogP) is 2.46. The number of halogens is 1. The zero-order chi connectivity index (χ0) is 8.55. The highest BCUT2D eigenvalue weighted by molar-refractivity contribution is 9.10. The molecule has 2 rings (SSSR count). The molecule has 0 radical (unpaired) electrons. The summed E-state index contributed by atoms with van der Waals surface area (Å²) in [4.78, 5) is 1.32. The summed E-state index contributed by atoms with van der Waals surface area (Å²) in [5.74, 6) is 0. The van der Waals surface area contributed by atoms with E-state index in [1.807, 2.05) is 0 Å². The van der Waals surface area contributed by atoms with Gasteiger partial charge in [-0.2, -0.15) is 0 Å². The third kappa shape index (κ3) is 1.81. The largest absolute Gasteiger partial charge is 0.486 e. The summed E-state index contributed by atoms with van der Waals surface area (Å²) in [6.45, 7) is 0.915. The van der Waals surface area contributed by atoms with Crippen LogP contribution in [0.1, 0.15) is 4.88 Å². The number of epoxide rings is 1. The number of ether oxygens (including phenoxy) is 2. The van der Waals surface area contributed by atoms with Crippen molar-refractivity contribution in [3.63, 3.8) is 0 Å². The lowest BCUT2D eigenvalue weighted by Crippen LogP contribution is -1.87. The molecule has 0 amide bonds. The van der Waals surface area contributed by atoms with Crippen LogP contribution in [0.4, 0.5) is 0 Å². The Kier molecular flexibility index (Phi) is 2.39. The molecule has 0 N–H and O–H groups in total. The molecule has 1 aliphatic rings. The van der Waals surface area contributed by atoms with Crippen LogP contribution in [0.15, 0.2) is 10.5 Å². The van der Waals surface area contributed by atoms with Gasteiger partial charge in [-0.25, -0.2) is 0 Å². The highest BCUT2D eigenvalue weighted by Crippen LogP contribution is 2.36. The molecule has 0 spiro atoms. The highest BCUT2D eigenvalue weighted by atomic mass is 79.9. The molecule has 1 unspecified atom stereocenters. The van der Waals surface area contributed by atoms with E-state index in [9.17, 15) is 0 Å². The van der Waals surface area contributed by atoms with Gasteiger partial charge in [-0.05, 0) is 22.0 Å². The number of rotatable bonds is 3. The van der Waals surface area contributed by atoms with Gasteiger partial charge in [-0.15, -0.1) is 11.3 Å². The maximum absolute atomic E-state index is 5.16. The maximum atomic E-state index is 5.16. The molecule has 1 atom stereocenters. The molecule has 1 fully saturated rings. The van der Waals surface area contributed by atoms with Gasteiger partial charge in [0, 0.05) is 11.3 Å². The molecular weight excluding hydrogens is 240 g/mol. The van der Waals surface area contributed by atoms with Gasteiger partial charge >= 0.3 is 0 Å². The summed E-state index contributed by atoms with van der Waals surface area (Å²) in [7, 11) is 1.69. The van der Waals surface area contributed by atoms with E-state index in [2.05, 4.69) is 22.0 Å². The Morgan fingerprint density at radius 3 is 3.08 bits per heavy atom. The molecule has 12 heavy (non-hydrogen) atoms. The molecule has 0 bridgehead atoms. The first-order valence-corrected chi connectivity index (χ1v) is 5.34. The van der Waals surface area contributed by atoms with Gasteiger partial charge in [-0.3, -0.25) is 0 Å². The van der Waals surface area contributed by atoms with Gasteiger partial charge in [0.2, 0.25) is 0 Å². The molecule has 1 aliphatic heterocycles. The Bertz CT molecular complexity index is 281. The second kappa shape index (κ2) is 3.36. The minimum atomic E-state index is 0.459. The van der Waals surface area contributed by atoms with Crippen LogP contribution in [0.3, 0.4) is 0 Å². The van der Waals surface area contributed by atoms with Crippen molar-refractivity contribution < 1.29 is 9.47 Å². The first-order chi connectivity index (χ1) is 5.79.